The fourth-order valence-corrected chi connectivity index (χ4v) is 2.07. The normalized spacial score (nSPS) is 22.6. The van der Waals surface area contributed by atoms with E-state index in [1.807, 2.05) is 26.8 Å². The van der Waals surface area contributed by atoms with Crippen LogP contribution in [0.5, 0.6) is 5.75 Å². The summed E-state index contributed by atoms with van der Waals surface area (Å²) in [6.07, 6.45) is -1.20. The van der Waals surface area contributed by atoms with Crippen molar-refractivity contribution in [2.24, 2.45) is 5.41 Å². The quantitative estimate of drug-likeness (QED) is 0.741. The molecule has 0 spiro atoms. The lowest BCUT2D eigenvalue weighted by Gasteiger charge is -2.32. The zero-order valence-corrected chi connectivity index (χ0v) is 12.1. The van der Waals surface area contributed by atoms with Crippen molar-refractivity contribution in [2.45, 2.75) is 40.0 Å². The molecular weight excluding hydrogens is 258 g/mol. The summed E-state index contributed by atoms with van der Waals surface area (Å²) in [5, 5.41) is 0. The number of nitrogens with zero attached hydrogens (tertiary/aromatic N) is 1. The fraction of sp³-hybridized carbons (Fsp3) is 0.467. The number of ether oxygens (including phenoxy) is 2. The highest BCUT2D eigenvalue weighted by molar-refractivity contribution is 5.84. The number of benzene rings is 1. The van der Waals surface area contributed by atoms with E-state index in [0.29, 0.717) is 5.75 Å². The number of para-hydroxylation sites is 1. The zero-order valence-electron chi connectivity index (χ0n) is 12.1. The third kappa shape index (κ3) is 2.76. The summed E-state index contributed by atoms with van der Waals surface area (Å²) in [4.78, 5) is 25.4. The predicted octanol–water partition coefficient (Wildman–Crippen LogP) is 2.80. The van der Waals surface area contributed by atoms with Gasteiger partial charge in [0.1, 0.15) is 11.8 Å². The van der Waals surface area contributed by atoms with E-state index in [0.717, 1.165) is 0 Å². The molecule has 0 saturated carbocycles. The highest BCUT2D eigenvalue weighted by Crippen LogP contribution is 2.33. The second kappa shape index (κ2) is 5.15. The van der Waals surface area contributed by atoms with Gasteiger partial charge in [0, 0.05) is 5.41 Å². The molecule has 1 heterocycles. The van der Waals surface area contributed by atoms with Crippen molar-refractivity contribution in [3.05, 3.63) is 30.3 Å². The molecule has 20 heavy (non-hydrogen) atoms. The van der Waals surface area contributed by atoms with Crippen LogP contribution >= 0.6 is 0 Å². The molecule has 1 amide bonds. The summed E-state index contributed by atoms with van der Waals surface area (Å²) >= 11 is 0. The first-order valence-corrected chi connectivity index (χ1v) is 6.56. The van der Waals surface area contributed by atoms with E-state index in [-0.39, 0.29) is 5.41 Å². The number of hydrogen-bond donors (Lipinski definition) is 0. The van der Waals surface area contributed by atoms with Gasteiger partial charge in [0.2, 0.25) is 0 Å². The Morgan fingerprint density at radius 3 is 2.40 bits per heavy atom. The molecule has 2 atom stereocenters. The molecule has 5 nitrogen and oxygen atoms in total. The van der Waals surface area contributed by atoms with Gasteiger partial charge in [0.15, 0.2) is 6.23 Å². The Labute approximate surface area is 118 Å². The minimum absolute atomic E-state index is 0.379. The van der Waals surface area contributed by atoms with E-state index in [2.05, 4.69) is 0 Å². The van der Waals surface area contributed by atoms with E-state index in [4.69, 9.17) is 9.47 Å². The summed E-state index contributed by atoms with van der Waals surface area (Å²) in [6.45, 7) is 7.36. The monoisotopic (exact) mass is 277 g/mol. The molecule has 0 unspecified atom stereocenters. The second-order valence-corrected chi connectivity index (χ2v) is 5.92. The number of cyclic esters (lactones) is 1. The van der Waals surface area contributed by atoms with Crippen LogP contribution in [0, 0.1) is 5.41 Å². The molecule has 0 aliphatic carbocycles. The smallest absolute Gasteiger partial charge is 0.418 e. The minimum atomic E-state index is -0.643. The number of carbonyl (C=O) groups excluding carboxylic acids is 2. The highest BCUT2D eigenvalue weighted by atomic mass is 16.6. The molecule has 5 heteroatoms. The molecule has 1 aliphatic heterocycles. The van der Waals surface area contributed by atoms with Crippen molar-refractivity contribution in [3.8, 4) is 5.75 Å². The van der Waals surface area contributed by atoms with Crippen molar-refractivity contribution in [2.75, 3.05) is 0 Å². The van der Waals surface area contributed by atoms with Crippen molar-refractivity contribution in [1.82, 2.24) is 4.90 Å². The Hall–Kier alpha value is -2.04. The van der Waals surface area contributed by atoms with Crippen LogP contribution in [0.4, 0.5) is 4.79 Å². The van der Waals surface area contributed by atoms with Gasteiger partial charge in [-0.25, -0.2) is 9.59 Å². The SMILES string of the molecule is C[C@H]1C(=O)O[C@H](C(C)(C)C)N1C(=O)Oc1ccccc1. The van der Waals surface area contributed by atoms with Crippen LogP contribution in [-0.4, -0.2) is 29.2 Å². The maximum atomic E-state index is 12.3. The van der Waals surface area contributed by atoms with Crippen LogP contribution in [0.25, 0.3) is 0 Å². The van der Waals surface area contributed by atoms with Crippen LogP contribution in [0.3, 0.4) is 0 Å². The maximum absolute atomic E-state index is 12.3. The first-order chi connectivity index (χ1) is 9.30. The Kier molecular flexibility index (Phi) is 3.70. The second-order valence-electron chi connectivity index (χ2n) is 5.92. The number of esters is 1. The zero-order chi connectivity index (χ0) is 14.9. The molecule has 1 aliphatic rings. The third-order valence-corrected chi connectivity index (χ3v) is 3.14. The molecule has 108 valence electrons. The van der Waals surface area contributed by atoms with Gasteiger partial charge in [-0.05, 0) is 19.1 Å². The maximum Gasteiger partial charge on any atom is 0.418 e. The summed E-state index contributed by atoms with van der Waals surface area (Å²) in [5.74, 6) is 0.0339. The van der Waals surface area contributed by atoms with Crippen molar-refractivity contribution < 1.29 is 19.1 Å². The number of amides is 1. The average Bonchev–Trinajstić information content (AvgIpc) is 2.67. The minimum Gasteiger partial charge on any atom is -0.439 e. The van der Waals surface area contributed by atoms with Crippen LogP contribution in [0.15, 0.2) is 30.3 Å². The molecule has 1 aromatic rings. The van der Waals surface area contributed by atoms with Gasteiger partial charge in [0.25, 0.3) is 0 Å². The van der Waals surface area contributed by atoms with Gasteiger partial charge < -0.3 is 9.47 Å². The van der Waals surface area contributed by atoms with Gasteiger partial charge in [-0.2, -0.15) is 0 Å². The van der Waals surface area contributed by atoms with E-state index in [9.17, 15) is 9.59 Å². The molecule has 1 aromatic carbocycles. The first-order valence-electron chi connectivity index (χ1n) is 6.56. The Morgan fingerprint density at radius 2 is 1.85 bits per heavy atom. The summed E-state index contributed by atoms with van der Waals surface area (Å²) in [7, 11) is 0. The molecule has 1 fully saturated rings. The van der Waals surface area contributed by atoms with Gasteiger partial charge in [-0.15, -0.1) is 0 Å². The standard InChI is InChI=1S/C15H19NO4/c1-10-12(17)20-13(15(2,3)4)16(10)14(18)19-11-8-6-5-7-9-11/h5-10,13H,1-4H3/t10-,13+/m0/s1. The lowest BCUT2D eigenvalue weighted by atomic mass is 9.93. The van der Waals surface area contributed by atoms with Gasteiger partial charge in [0.05, 0.1) is 0 Å². The van der Waals surface area contributed by atoms with E-state index >= 15 is 0 Å². The van der Waals surface area contributed by atoms with Crippen LogP contribution < -0.4 is 4.74 Å². The van der Waals surface area contributed by atoms with Crippen LogP contribution in [0.1, 0.15) is 27.7 Å². The summed E-state index contributed by atoms with van der Waals surface area (Å²) in [6, 6.07) is 8.12. The number of carbonyl (C=O) groups is 2. The van der Waals surface area contributed by atoms with E-state index in [1.165, 1.54) is 4.90 Å². The number of rotatable bonds is 1. The molecule has 2 rings (SSSR count). The van der Waals surface area contributed by atoms with Gasteiger partial charge in [-0.3, -0.25) is 4.90 Å². The average molecular weight is 277 g/mol. The lowest BCUT2D eigenvalue weighted by molar-refractivity contribution is -0.147. The van der Waals surface area contributed by atoms with Crippen molar-refractivity contribution in [1.29, 1.82) is 0 Å². The topological polar surface area (TPSA) is 55.8 Å². The molecular formula is C15H19NO4. The molecule has 0 N–H and O–H groups in total. The molecule has 1 saturated heterocycles. The van der Waals surface area contributed by atoms with E-state index in [1.54, 1.807) is 31.2 Å². The van der Waals surface area contributed by atoms with Crippen molar-refractivity contribution in [3.63, 3.8) is 0 Å². The highest BCUT2D eigenvalue weighted by Gasteiger charge is 2.48. The van der Waals surface area contributed by atoms with Crippen molar-refractivity contribution >= 4 is 12.1 Å². The lowest BCUT2D eigenvalue weighted by Crippen LogP contribution is -2.48. The summed E-state index contributed by atoms with van der Waals surface area (Å²) in [5.41, 5.74) is -0.379. The number of hydrogen-bond acceptors (Lipinski definition) is 4. The van der Waals surface area contributed by atoms with Gasteiger partial charge in [-0.1, -0.05) is 39.0 Å². The largest absolute Gasteiger partial charge is 0.439 e. The van der Waals surface area contributed by atoms with E-state index < -0.39 is 24.3 Å². The molecule has 0 radical (unpaired) electrons. The molecule has 0 aromatic heterocycles. The molecule has 0 bridgehead atoms. The summed E-state index contributed by atoms with van der Waals surface area (Å²) < 4.78 is 10.6. The Morgan fingerprint density at radius 1 is 1.25 bits per heavy atom. The van der Waals surface area contributed by atoms with Crippen LogP contribution in [0.2, 0.25) is 0 Å². The first kappa shape index (κ1) is 14.4. The fourth-order valence-electron chi connectivity index (χ4n) is 2.07. The Balaban J connectivity index is 2.20. The predicted molar refractivity (Wildman–Crippen MR) is 73.1 cm³/mol. The van der Waals surface area contributed by atoms with Gasteiger partial charge >= 0.3 is 12.1 Å². The van der Waals surface area contributed by atoms with Crippen LogP contribution in [-0.2, 0) is 9.53 Å². The Bertz CT molecular complexity index is 506. The third-order valence-electron chi connectivity index (χ3n) is 3.14.